The monoisotopic (exact) mass is 174 g/mol. The third kappa shape index (κ3) is 2.57. The fourth-order valence-electron chi connectivity index (χ4n) is 1.22. The van der Waals surface area contributed by atoms with Crippen LogP contribution in [0.2, 0.25) is 0 Å². The van der Waals surface area contributed by atoms with Crippen LogP contribution in [-0.4, -0.2) is 12.0 Å². The third-order valence-corrected chi connectivity index (χ3v) is 1.96. The van der Waals surface area contributed by atoms with Crippen LogP contribution in [0.4, 0.5) is 0 Å². The highest BCUT2D eigenvalue weighted by Crippen LogP contribution is 2.13. The van der Waals surface area contributed by atoms with Gasteiger partial charge in [-0.3, -0.25) is 4.98 Å². The predicted molar refractivity (Wildman–Crippen MR) is 54.2 cm³/mol. The van der Waals surface area contributed by atoms with Gasteiger partial charge in [0.1, 0.15) is 0 Å². The van der Waals surface area contributed by atoms with E-state index < -0.39 is 0 Å². The standard InChI is InChI=1S/C11H14N2/c1-4-5-10(12-3)11-8-9(2)6-7-13-11/h1,6-8,10,12H,5H2,2-3H3. The molecule has 1 atom stereocenters. The first-order chi connectivity index (χ1) is 6.27. The van der Waals surface area contributed by atoms with Crippen LogP contribution >= 0.6 is 0 Å². The lowest BCUT2D eigenvalue weighted by molar-refractivity contribution is 0.594. The molecular weight excluding hydrogens is 160 g/mol. The maximum absolute atomic E-state index is 5.26. The molecule has 0 spiro atoms. The van der Waals surface area contributed by atoms with Crippen molar-refractivity contribution in [1.29, 1.82) is 0 Å². The molecule has 0 aliphatic rings. The fourth-order valence-corrected chi connectivity index (χ4v) is 1.22. The van der Waals surface area contributed by atoms with Crippen molar-refractivity contribution in [3.8, 4) is 12.3 Å². The summed E-state index contributed by atoms with van der Waals surface area (Å²) in [7, 11) is 1.89. The predicted octanol–water partition coefficient (Wildman–Crippen LogP) is 1.67. The van der Waals surface area contributed by atoms with Crippen molar-refractivity contribution in [2.24, 2.45) is 0 Å². The summed E-state index contributed by atoms with van der Waals surface area (Å²) in [6, 6.07) is 4.20. The molecule has 0 amide bonds. The summed E-state index contributed by atoms with van der Waals surface area (Å²) in [6.07, 6.45) is 7.75. The van der Waals surface area contributed by atoms with Gasteiger partial charge in [0, 0.05) is 12.6 Å². The second kappa shape index (κ2) is 4.64. The van der Waals surface area contributed by atoms with Crippen molar-refractivity contribution < 1.29 is 0 Å². The van der Waals surface area contributed by atoms with E-state index in [1.165, 1.54) is 5.56 Å². The first kappa shape index (κ1) is 9.76. The van der Waals surface area contributed by atoms with E-state index in [9.17, 15) is 0 Å². The summed E-state index contributed by atoms with van der Waals surface area (Å²) in [6.45, 7) is 2.05. The Morgan fingerprint density at radius 2 is 2.46 bits per heavy atom. The summed E-state index contributed by atoms with van der Waals surface area (Å²) in [5.41, 5.74) is 2.22. The second-order valence-electron chi connectivity index (χ2n) is 3.01. The summed E-state index contributed by atoms with van der Waals surface area (Å²) in [5, 5.41) is 3.14. The molecule has 0 saturated carbocycles. The highest BCUT2D eigenvalue weighted by atomic mass is 14.9. The molecule has 1 N–H and O–H groups in total. The van der Waals surface area contributed by atoms with Crippen molar-refractivity contribution in [1.82, 2.24) is 10.3 Å². The number of hydrogen-bond acceptors (Lipinski definition) is 2. The number of hydrogen-bond donors (Lipinski definition) is 1. The fraction of sp³-hybridized carbons (Fsp3) is 0.364. The van der Waals surface area contributed by atoms with Crippen LogP contribution in [0, 0.1) is 19.3 Å². The van der Waals surface area contributed by atoms with Crippen molar-refractivity contribution in [2.45, 2.75) is 19.4 Å². The third-order valence-electron chi connectivity index (χ3n) is 1.96. The first-order valence-electron chi connectivity index (χ1n) is 4.31. The minimum Gasteiger partial charge on any atom is -0.311 e. The van der Waals surface area contributed by atoms with Gasteiger partial charge in [-0.05, 0) is 31.7 Å². The highest BCUT2D eigenvalue weighted by molar-refractivity contribution is 5.18. The van der Waals surface area contributed by atoms with E-state index >= 15 is 0 Å². The Kier molecular flexibility index (Phi) is 3.48. The Morgan fingerprint density at radius 3 is 3.00 bits per heavy atom. The van der Waals surface area contributed by atoms with Gasteiger partial charge < -0.3 is 5.32 Å². The molecule has 1 heterocycles. The maximum atomic E-state index is 5.26. The molecule has 0 radical (unpaired) electrons. The summed E-state index contributed by atoms with van der Waals surface area (Å²) in [4.78, 5) is 4.27. The lowest BCUT2D eigenvalue weighted by atomic mass is 10.1. The van der Waals surface area contributed by atoms with Gasteiger partial charge in [-0.25, -0.2) is 0 Å². The topological polar surface area (TPSA) is 24.9 Å². The molecule has 0 bridgehead atoms. The molecule has 0 saturated heterocycles. The molecule has 0 aromatic carbocycles. The van der Waals surface area contributed by atoms with Crippen LogP contribution in [0.15, 0.2) is 18.3 Å². The molecule has 1 aromatic rings. The van der Waals surface area contributed by atoms with Crippen molar-refractivity contribution in [3.05, 3.63) is 29.6 Å². The summed E-state index contributed by atoms with van der Waals surface area (Å²) in [5.74, 6) is 2.63. The van der Waals surface area contributed by atoms with Crippen LogP contribution in [-0.2, 0) is 0 Å². The number of aromatic nitrogens is 1. The van der Waals surface area contributed by atoms with Gasteiger partial charge in [-0.15, -0.1) is 12.3 Å². The molecule has 13 heavy (non-hydrogen) atoms. The van der Waals surface area contributed by atoms with Crippen molar-refractivity contribution in [2.75, 3.05) is 7.05 Å². The largest absolute Gasteiger partial charge is 0.311 e. The average Bonchev–Trinajstić information content (AvgIpc) is 2.14. The van der Waals surface area contributed by atoms with Crippen molar-refractivity contribution >= 4 is 0 Å². The lowest BCUT2D eigenvalue weighted by Gasteiger charge is -2.12. The van der Waals surface area contributed by atoms with Crippen LogP contribution in [0.1, 0.15) is 23.7 Å². The lowest BCUT2D eigenvalue weighted by Crippen LogP contribution is -2.16. The van der Waals surface area contributed by atoms with Gasteiger partial charge in [0.25, 0.3) is 0 Å². The number of terminal acetylenes is 1. The van der Waals surface area contributed by atoms with Gasteiger partial charge in [0.15, 0.2) is 0 Å². The molecule has 2 heteroatoms. The number of rotatable bonds is 3. The number of nitrogens with zero attached hydrogens (tertiary/aromatic N) is 1. The molecule has 68 valence electrons. The Morgan fingerprint density at radius 1 is 1.69 bits per heavy atom. The van der Waals surface area contributed by atoms with Gasteiger partial charge in [0.2, 0.25) is 0 Å². The number of aryl methyl sites for hydroxylation is 1. The minimum atomic E-state index is 0.171. The highest BCUT2D eigenvalue weighted by Gasteiger charge is 2.08. The smallest absolute Gasteiger partial charge is 0.0603 e. The molecule has 1 unspecified atom stereocenters. The summed E-state index contributed by atoms with van der Waals surface area (Å²) < 4.78 is 0. The van der Waals surface area contributed by atoms with E-state index in [-0.39, 0.29) is 6.04 Å². The van der Waals surface area contributed by atoms with E-state index in [1.54, 1.807) is 0 Å². The van der Waals surface area contributed by atoms with Crippen LogP contribution in [0.5, 0.6) is 0 Å². The van der Waals surface area contributed by atoms with Crippen LogP contribution in [0.3, 0.4) is 0 Å². The van der Waals surface area contributed by atoms with Crippen molar-refractivity contribution in [3.63, 3.8) is 0 Å². The zero-order chi connectivity index (χ0) is 9.68. The number of nitrogens with one attached hydrogen (secondary N) is 1. The van der Waals surface area contributed by atoms with Crippen LogP contribution in [0.25, 0.3) is 0 Å². The molecule has 0 aliphatic heterocycles. The molecule has 0 aliphatic carbocycles. The quantitative estimate of drug-likeness (QED) is 0.705. The Bertz CT molecular complexity index is 312. The maximum Gasteiger partial charge on any atom is 0.0603 e. The molecule has 1 rings (SSSR count). The average molecular weight is 174 g/mol. The van der Waals surface area contributed by atoms with E-state index in [0.29, 0.717) is 6.42 Å². The first-order valence-corrected chi connectivity index (χ1v) is 4.31. The zero-order valence-corrected chi connectivity index (χ0v) is 8.04. The van der Waals surface area contributed by atoms with E-state index in [2.05, 4.69) is 22.3 Å². The summed E-state index contributed by atoms with van der Waals surface area (Å²) >= 11 is 0. The van der Waals surface area contributed by atoms with Gasteiger partial charge >= 0.3 is 0 Å². The second-order valence-corrected chi connectivity index (χ2v) is 3.01. The van der Waals surface area contributed by atoms with Gasteiger partial charge in [-0.1, -0.05) is 0 Å². The molecule has 1 aromatic heterocycles. The zero-order valence-electron chi connectivity index (χ0n) is 8.04. The van der Waals surface area contributed by atoms with E-state index in [4.69, 9.17) is 6.42 Å². The van der Waals surface area contributed by atoms with E-state index in [0.717, 1.165) is 5.69 Å². The van der Waals surface area contributed by atoms with E-state index in [1.807, 2.05) is 26.2 Å². The molecular formula is C11H14N2. The molecule has 0 fully saturated rings. The minimum absolute atomic E-state index is 0.171. The SMILES string of the molecule is C#CCC(NC)c1cc(C)ccn1. The molecule has 2 nitrogen and oxygen atoms in total. The normalized spacial score (nSPS) is 12.1. The Labute approximate surface area is 79.4 Å². The number of pyridine rings is 1. The Hall–Kier alpha value is -1.33. The van der Waals surface area contributed by atoms with Gasteiger partial charge in [-0.2, -0.15) is 0 Å². The van der Waals surface area contributed by atoms with Gasteiger partial charge in [0.05, 0.1) is 11.7 Å². The Balaban J connectivity index is 2.86. The van der Waals surface area contributed by atoms with Crippen LogP contribution < -0.4 is 5.32 Å².